The Morgan fingerprint density at radius 3 is 2.37 bits per heavy atom. The Morgan fingerprint density at radius 2 is 1.89 bits per heavy atom. The monoisotopic (exact) mass is 266 g/mol. The molecule has 0 saturated heterocycles. The normalized spacial score (nSPS) is 12.1. The molecule has 0 aliphatic carbocycles. The Morgan fingerprint density at radius 1 is 1.21 bits per heavy atom. The third-order valence-electron chi connectivity index (χ3n) is 2.98. The van der Waals surface area contributed by atoms with Crippen molar-refractivity contribution in [3.63, 3.8) is 0 Å². The van der Waals surface area contributed by atoms with Gasteiger partial charge in [0.25, 0.3) is 0 Å². The molecule has 0 bridgehead atoms. The Bertz CT molecular complexity index is 426. The second-order valence-electron chi connectivity index (χ2n) is 4.58. The average Bonchev–Trinajstić information content (AvgIpc) is 2.39. The van der Waals surface area contributed by atoms with Crippen molar-refractivity contribution in [1.82, 2.24) is 0 Å². The molecule has 19 heavy (non-hydrogen) atoms. The molecular formula is C15H22O4. The molecule has 0 fully saturated rings. The van der Waals surface area contributed by atoms with Gasteiger partial charge in [-0.3, -0.25) is 4.79 Å². The lowest BCUT2D eigenvalue weighted by Gasteiger charge is -2.22. The summed E-state index contributed by atoms with van der Waals surface area (Å²) in [6.07, 6.45) is 0. The lowest BCUT2D eigenvalue weighted by atomic mass is 9.88. The molecule has 1 aromatic carbocycles. The number of hydrogen-bond donors (Lipinski definition) is 0. The minimum Gasteiger partial charge on any atom is -0.497 e. The minimum atomic E-state index is -0.333. The second-order valence-corrected chi connectivity index (χ2v) is 4.58. The predicted octanol–water partition coefficient (Wildman–Crippen LogP) is 3.01. The molecule has 1 rings (SSSR count). The van der Waals surface area contributed by atoms with E-state index in [0.717, 1.165) is 5.56 Å². The molecule has 0 amide bonds. The van der Waals surface area contributed by atoms with E-state index >= 15 is 0 Å². The molecule has 0 spiro atoms. The summed E-state index contributed by atoms with van der Waals surface area (Å²) < 4.78 is 15.7. The largest absolute Gasteiger partial charge is 0.497 e. The second kappa shape index (κ2) is 7.02. The van der Waals surface area contributed by atoms with Crippen LogP contribution in [0.15, 0.2) is 18.2 Å². The summed E-state index contributed by atoms with van der Waals surface area (Å²) in [4.78, 5) is 12.1. The fraction of sp³-hybridized carbons (Fsp3) is 0.533. The van der Waals surface area contributed by atoms with Crippen LogP contribution in [0, 0.1) is 5.92 Å². The number of ether oxygens (including phenoxy) is 3. The van der Waals surface area contributed by atoms with Gasteiger partial charge >= 0.3 is 5.97 Å². The van der Waals surface area contributed by atoms with E-state index in [0.29, 0.717) is 18.1 Å². The van der Waals surface area contributed by atoms with E-state index < -0.39 is 0 Å². The predicted molar refractivity (Wildman–Crippen MR) is 73.8 cm³/mol. The van der Waals surface area contributed by atoms with Crippen LogP contribution >= 0.6 is 0 Å². The highest BCUT2D eigenvalue weighted by atomic mass is 16.5. The van der Waals surface area contributed by atoms with Crippen LogP contribution in [0.25, 0.3) is 0 Å². The molecule has 0 saturated carbocycles. The molecule has 1 unspecified atom stereocenters. The zero-order valence-corrected chi connectivity index (χ0v) is 12.2. The van der Waals surface area contributed by atoms with Crippen LogP contribution in [0.5, 0.6) is 11.5 Å². The van der Waals surface area contributed by atoms with E-state index in [9.17, 15) is 4.79 Å². The molecule has 4 nitrogen and oxygen atoms in total. The first-order chi connectivity index (χ1) is 9.04. The average molecular weight is 266 g/mol. The highest BCUT2D eigenvalue weighted by Crippen LogP contribution is 2.35. The molecule has 0 heterocycles. The minimum absolute atomic E-state index is 0.126. The summed E-state index contributed by atoms with van der Waals surface area (Å²) in [5.74, 6) is 0.918. The summed E-state index contributed by atoms with van der Waals surface area (Å²) in [5, 5.41) is 0. The van der Waals surface area contributed by atoms with Gasteiger partial charge in [0.15, 0.2) is 0 Å². The Labute approximate surface area is 114 Å². The van der Waals surface area contributed by atoms with Gasteiger partial charge in [0.05, 0.1) is 26.7 Å². The smallest absolute Gasteiger partial charge is 0.313 e. The third-order valence-corrected chi connectivity index (χ3v) is 2.98. The Balaban J connectivity index is 3.18. The van der Waals surface area contributed by atoms with Crippen LogP contribution in [0.1, 0.15) is 32.3 Å². The first-order valence-electron chi connectivity index (χ1n) is 6.43. The van der Waals surface area contributed by atoms with E-state index in [1.807, 2.05) is 26.0 Å². The Kier molecular flexibility index (Phi) is 5.67. The van der Waals surface area contributed by atoms with Gasteiger partial charge in [0.1, 0.15) is 11.5 Å². The van der Waals surface area contributed by atoms with Crippen molar-refractivity contribution < 1.29 is 19.0 Å². The van der Waals surface area contributed by atoms with E-state index in [1.165, 1.54) is 0 Å². The van der Waals surface area contributed by atoms with Gasteiger partial charge in [-0.1, -0.05) is 19.9 Å². The van der Waals surface area contributed by atoms with E-state index in [2.05, 4.69) is 0 Å². The summed E-state index contributed by atoms with van der Waals surface area (Å²) in [6.45, 7) is 6.16. The lowest BCUT2D eigenvalue weighted by molar-refractivity contribution is -0.146. The number of carbonyl (C=O) groups excluding carboxylic acids is 1. The number of rotatable bonds is 6. The number of carbonyl (C=O) groups is 1. The van der Waals surface area contributed by atoms with Gasteiger partial charge in [-0.2, -0.15) is 0 Å². The SMILES string of the molecule is CCOC(=O)C(c1ccc(OC)cc1OC)C(C)C. The van der Waals surface area contributed by atoms with Crippen molar-refractivity contribution >= 4 is 5.97 Å². The van der Waals surface area contributed by atoms with Gasteiger partial charge < -0.3 is 14.2 Å². The molecule has 0 aromatic heterocycles. The molecule has 0 aliphatic rings. The van der Waals surface area contributed by atoms with Crippen LogP contribution in [0.2, 0.25) is 0 Å². The zero-order valence-electron chi connectivity index (χ0n) is 12.2. The molecule has 0 radical (unpaired) electrons. The molecule has 0 aliphatic heterocycles. The summed E-state index contributed by atoms with van der Waals surface area (Å²) in [6, 6.07) is 5.47. The van der Waals surface area contributed by atoms with E-state index in [-0.39, 0.29) is 17.8 Å². The highest BCUT2D eigenvalue weighted by molar-refractivity contribution is 5.79. The van der Waals surface area contributed by atoms with Gasteiger partial charge in [-0.25, -0.2) is 0 Å². The van der Waals surface area contributed by atoms with Gasteiger partial charge in [0, 0.05) is 11.6 Å². The maximum Gasteiger partial charge on any atom is 0.313 e. The molecule has 1 aromatic rings. The Hall–Kier alpha value is -1.71. The van der Waals surface area contributed by atoms with Crippen LogP contribution in [-0.2, 0) is 9.53 Å². The van der Waals surface area contributed by atoms with Crippen LogP contribution in [-0.4, -0.2) is 26.8 Å². The first-order valence-corrected chi connectivity index (χ1v) is 6.43. The van der Waals surface area contributed by atoms with Gasteiger partial charge in [0.2, 0.25) is 0 Å². The van der Waals surface area contributed by atoms with Crippen molar-refractivity contribution in [2.75, 3.05) is 20.8 Å². The van der Waals surface area contributed by atoms with Crippen LogP contribution < -0.4 is 9.47 Å². The topological polar surface area (TPSA) is 44.8 Å². The van der Waals surface area contributed by atoms with Crippen molar-refractivity contribution in [3.8, 4) is 11.5 Å². The molecule has 0 N–H and O–H groups in total. The quantitative estimate of drug-likeness (QED) is 0.742. The van der Waals surface area contributed by atoms with E-state index in [4.69, 9.17) is 14.2 Å². The van der Waals surface area contributed by atoms with Gasteiger partial charge in [-0.05, 0) is 18.9 Å². The van der Waals surface area contributed by atoms with Crippen molar-refractivity contribution in [1.29, 1.82) is 0 Å². The van der Waals surface area contributed by atoms with Crippen molar-refractivity contribution in [2.24, 2.45) is 5.92 Å². The summed E-state index contributed by atoms with van der Waals surface area (Å²) >= 11 is 0. The maximum absolute atomic E-state index is 12.1. The number of methoxy groups -OCH3 is 2. The first kappa shape index (κ1) is 15.3. The molecular weight excluding hydrogens is 244 g/mol. The number of esters is 1. The van der Waals surface area contributed by atoms with Crippen molar-refractivity contribution in [3.05, 3.63) is 23.8 Å². The lowest BCUT2D eigenvalue weighted by Crippen LogP contribution is -2.21. The summed E-state index contributed by atoms with van der Waals surface area (Å²) in [7, 11) is 3.18. The maximum atomic E-state index is 12.1. The van der Waals surface area contributed by atoms with Crippen LogP contribution in [0.3, 0.4) is 0 Å². The number of hydrogen-bond acceptors (Lipinski definition) is 4. The fourth-order valence-electron chi connectivity index (χ4n) is 2.07. The highest BCUT2D eigenvalue weighted by Gasteiger charge is 2.28. The molecule has 4 heteroatoms. The molecule has 106 valence electrons. The third kappa shape index (κ3) is 3.63. The standard InChI is InChI=1S/C15H22O4/c1-6-19-15(16)14(10(2)3)12-8-7-11(17-4)9-13(12)18-5/h7-10,14H,6H2,1-5H3. The molecule has 1 atom stereocenters. The van der Waals surface area contributed by atoms with Crippen molar-refractivity contribution in [2.45, 2.75) is 26.7 Å². The van der Waals surface area contributed by atoms with Crippen LogP contribution in [0.4, 0.5) is 0 Å². The number of benzene rings is 1. The zero-order chi connectivity index (χ0) is 14.4. The van der Waals surface area contributed by atoms with E-state index in [1.54, 1.807) is 27.2 Å². The van der Waals surface area contributed by atoms with Gasteiger partial charge in [-0.15, -0.1) is 0 Å². The summed E-state index contributed by atoms with van der Waals surface area (Å²) in [5.41, 5.74) is 0.830. The fourth-order valence-corrected chi connectivity index (χ4v) is 2.07.